The van der Waals surface area contributed by atoms with Gasteiger partial charge in [-0.05, 0) is 50.6 Å². The van der Waals surface area contributed by atoms with Crippen molar-refractivity contribution in [2.24, 2.45) is 0 Å². The van der Waals surface area contributed by atoms with Gasteiger partial charge in [-0.25, -0.2) is 0 Å². The summed E-state index contributed by atoms with van der Waals surface area (Å²) >= 11 is 5.99. The van der Waals surface area contributed by atoms with Gasteiger partial charge in [0.15, 0.2) is 0 Å². The maximum atomic E-state index is 5.99. The highest BCUT2D eigenvalue weighted by atomic mass is 35.5. The van der Waals surface area contributed by atoms with Crippen molar-refractivity contribution in [2.45, 2.75) is 32.4 Å². The maximum absolute atomic E-state index is 5.99. The fraction of sp³-hybridized carbons (Fsp3) is 0.571. The van der Waals surface area contributed by atoms with Crippen molar-refractivity contribution in [1.29, 1.82) is 0 Å². The molecule has 1 aromatic carbocycles. The Morgan fingerprint density at radius 1 is 1.47 bits per heavy atom. The second kappa shape index (κ2) is 5.38. The lowest BCUT2D eigenvalue weighted by atomic mass is 9.95. The minimum absolute atomic E-state index is 0.545. The van der Waals surface area contributed by atoms with Gasteiger partial charge >= 0.3 is 0 Å². The van der Waals surface area contributed by atoms with Crippen LogP contribution in [-0.4, -0.2) is 37.1 Å². The highest BCUT2D eigenvalue weighted by Crippen LogP contribution is 2.20. The molecule has 1 aliphatic rings. The number of benzene rings is 1. The first-order chi connectivity index (χ1) is 8.08. The first kappa shape index (κ1) is 12.9. The van der Waals surface area contributed by atoms with Gasteiger partial charge in [0.25, 0.3) is 0 Å². The van der Waals surface area contributed by atoms with Gasteiger partial charge in [0.1, 0.15) is 0 Å². The smallest absolute Gasteiger partial charge is 0.0408 e. The summed E-state index contributed by atoms with van der Waals surface area (Å²) in [7, 11) is 2.22. The highest BCUT2D eigenvalue weighted by Gasteiger charge is 2.25. The zero-order valence-corrected chi connectivity index (χ0v) is 11.6. The molecule has 1 aromatic rings. The van der Waals surface area contributed by atoms with E-state index in [1.807, 2.05) is 6.07 Å². The van der Waals surface area contributed by atoms with Crippen LogP contribution in [0.5, 0.6) is 0 Å². The lowest BCUT2D eigenvalue weighted by molar-refractivity contribution is 0.157. The van der Waals surface area contributed by atoms with E-state index in [4.69, 9.17) is 11.6 Å². The molecule has 1 saturated heterocycles. The first-order valence-electron chi connectivity index (χ1n) is 6.26. The molecule has 2 unspecified atom stereocenters. The number of rotatable bonds is 2. The fourth-order valence-electron chi connectivity index (χ4n) is 2.60. The molecule has 0 aliphatic carbocycles. The molecule has 1 heterocycles. The van der Waals surface area contributed by atoms with Crippen LogP contribution in [0.4, 0.5) is 0 Å². The average Bonchev–Trinajstić information content (AvgIpc) is 2.26. The number of hydrogen-bond acceptors (Lipinski definition) is 2. The third-order valence-electron chi connectivity index (χ3n) is 3.81. The highest BCUT2D eigenvalue weighted by molar-refractivity contribution is 6.30. The molecule has 0 spiro atoms. The number of likely N-dealkylation sites (N-methyl/N-ethyl adjacent to an activating group) is 1. The average molecular weight is 253 g/mol. The van der Waals surface area contributed by atoms with E-state index in [1.54, 1.807) is 0 Å². The second-order valence-electron chi connectivity index (χ2n) is 5.07. The molecule has 1 N–H and O–H groups in total. The zero-order valence-electron chi connectivity index (χ0n) is 10.8. The van der Waals surface area contributed by atoms with Crippen LogP contribution >= 0.6 is 11.6 Å². The van der Waals surface area contributed by atoms with Crippen molar-refractivity contribution >= 4 is 11.6 Å². The Morgan fingerprint density at radius 2 is 2.24 bits per heavy atom. The Hall–Kier alpha value is -0.570. The molecule has 94 valence electrons. The molecule has 17 heavy (non-hydrogen) atoms. The summed E-state index contributed by atoms with van der Waals surface area (Å²) in [5.41, 5.74) is 2.70. The lowest BCUT2D eigenvalue weighted by Crippen LogP contribution is -2.56. The first-order valence-corrected chi connectivity index (χ1v) is 6.64. The van der Waals surface area contributed by atoms with Gasteiger partial charge < -0.3 is 10.2 Å². The Kier molecular flexibility index (Phi) is 4.08. The van der Waals surface area contributed by atoms with Crippen LogP contribution in [0.25, 0.3) is 0 Å². The molecule has 1 fully saturated rings. The molecule has 3 heteroatoms. The van der Waals surface area contributed by atoms with Crippen molar-refractivity contribution < 1.29 is 0 Å². The zero-order chi connectivity index (χ0) is 12.4. The van der Waals surface area contributed by atoms with E-state index in [-0.39, 0.29) is 0 Å². The van der Waals surface area contributed by atoms with Gasteiger partial charge in [-0.15, -0.1) is 0 Å². The number of hydrogen-bond donors (Lipinski definition) is 1. The van der Waals surface area contributed by atoms with Crippen molar-refractivity contribution in [3.63, 3.8) is 0 Å². The Labute approximate surface area is 109 Å². The monoisotopic (exact) mass is 252 g/mol. The van der Waals surface area contributed by atoms with Crippen molar-refractivity contribution in [3.05, 3.63) is 34.3 Å². The van der Waals surface area contributed by atoms with Gasteiger partial charge in [0.05, 0.1) is 0 Å². The second-order valence-corrected chi connectivity index (χ2v) is 5.50. The van der Waals surface area contributed by atoms with Crippen molar-refractivity contribution in [3.8, 4) is 0 Å². The number of nitrogens with zero attached hydrogens (tertiary/aromatic N) is 1. The molecule has 2 atom stereocenters. The number of piperazine rings is 1. The Balaban J connectivity index is 2.13. The molecule has 0 bridgehead atoms. The lowest BCUT2D eigenvalue weighted by Gasteiger charge is -2.38. The largest absolute Gasteiger partial charge is 0.311 e. The van der Waals surface area contributed by atoms with Crippen LogP contribution in [0.2, 0.25) is 5.02 Å². The SMILES string of the molecule is Cc1cc(Cl)ccc1CC1C(C)NCCN1C. The van der Waals surface area contributed by atoms with E-state index in [0.717, 1.165) is 24.5 Å². The maximum Gasteiger partial charge on any atom is 0.0408 e. The summed E-state index contributed by atoms with van der Waals surface area (Å²) in [6, 6.07) is 7.32. The van der Waals surface area contributed by atoms with E-state index in [1.165, 1.54) is 11.1 Å². The van der Waals surface area contributed by atoms with E-state index in [2.05, 4.69) is 43.2 Å². The normalized spacial score (nSPS) is 26.1. The molecule has 0 saturated carbocycles. The molecule has 0 radical (unpaired) electrons. The summed E-state index contributed by atoms with van der Waals surface area (Å²) in [5.74, 6) is 0. The number of halogens is 1. The Bertz CT molecular complexity index is 382. The van der Waals surface area contributed by atoms with Crippen LogP contribution < -0.4 is 5.32 Å². The summed E-state index contributed by atoms with van der Waals surface area (Å²) in [6.07, 6.45) is 1.09. The number of aryl methyl sites for hydroxylation is 1. The van der Waals surface area contributed by atoms with Gasteiger partial charge in [0, 0.05) is 30.2 Å². The molecule has 2 nitrogen and oxygen atoms in total. The van der Waals surface area contributed by atoms with Crippen LogP contribution in [0.3, 0.4) is 0 Å². The predicted molar refractivity (Wildman–Crippen MR) is 73.8 cm³/mol. The molecule has 1 aliphatic heterocycles. The van der Waals surface area contributed by atoms with Crippen LogP contribution in [0, 0.1) is 6.92 Å². The summed E-state index contributed by atoms with van der Waals surface area (Å²) < 4.78 is 0. The quantitative estimate of drug-likeness (QED) is 0.870. The topological polar surface area (TPSA) is 15.3 Å². The van der Waals surface area contributed by atoms with Crippen LogP contribution in [-0.2, 0) is 6.42 Å². The molecule has 2 rings (SSSR count). The van der Waals surface area contributed by atoms with E-state index in [9.17, 15) is 0 Å². The van der Waals surface area contributed by atoms with E-state index < -0.39 is 0 Å². The standard InChI is InChI=1S/C14H21ClN2/c1-10-8-13(15)5-4-12(10)9-14-11(2)16-6-7-17(14)3/h4-5,8,11,14,16H,6-7,9H2,1-3H3. The molecule has 0 aromatic heterocycles. The molecular formula is C14H21ClN2. The van der Waals surface area contributed by atoms with Gasteiger partial charge in [0.2, 0.25) is 0 Å². The van der Waals surface area contributed by atoms with E-state index in [0.29, 0.717) is 12.1 Å². The van der Waals surface area contributed by atoms with Crippen molar-refractivity contribution in [1.82, 2.24) is 10.2 Å². The predicted octanol–water partition coefficient (Wildman–Crippen LogP) is 2.48. The van der Waals surface area contributed by atoms with E-state index >= 15 is 0 Å². The summed E-state index contributed by atoms with van der Waals surface area (Å²) in [5, 5.41) is 4.37. The number of nitrogens with one attached hydrogen (secondary N) is 1. The Morgan fingerprint density at radius 3 is 2.88 bits per heavy atom. The van der Waals surface area contributed by atoms with Gasteiger partial charge in [-0.2, -0.15) is 0 Å². The summed E-state index contributed by atoms with van der Waals surface area (Å²) in [6.45, 7) is 6.63. The molecule has 0 amide bonds. The third kappa shape index (κ3) is 3.01. The van der Waals surface area contributed by atoms with Crippen LogP contribution in [0.15, 0.2) is 18.2 Å². The van der Waals surface area contributed by atoms with Gasteiger partial charge in [-0.3, -0.25) is 0 Å². The molecular weight excluding hydrogens is 232 g/mol. The van der Waals surface area contributed by atoms with Crippen molar-refractivity contribution in [2.75, 3.05) is 20.1 Å². The minimum Gasteiger partial charge on any atom is -0.311 e. The van der Waals surface area contributed by atoms with Crippen LogP contribution in [0.1, 0.15) is 18.1 Å². The van der Waals surface area contributed by atoms with Gasteiger partial charge in [-0.1, -0.05) is 17.7 Å². The summed E-state index contributed by atoms with van der Waals surface area (Å²) in [4.78, 5) is 2.45. The fourth-order valence-corrected chi connectivity index (χ4v) is 2.83. The third-order valence-corrected chi connectivity index (χ3v) is 4.04. The minimum atomic E-state index is 0.545.